The lowest BCUT2D eigenvalue weighted by atomic mass is 9.90. The average Bonchev–Trinajstić information content (AvgIpc) is 2.41. The van der Waals surface area contributed by atoms with Crippen molar-refractivity contribution >= 4 is 15.9 Å². The molecule has 2 rings (SSSR count). The SMILES string of the molecule is CC(c1ccc(F)c(Br)c1)N(C)C1CCC(N)CC1. The number of hydrogen-bond acceptors (Lipinski definition) is 2. The van der Waals surface area contributed by atoms with Gasteiger partial charge in [0.15, 0.2) is 0 Å². The van der Waals surface area contributed by atoms with Gasteiger partial charge >= 0.3 is 0 Å². The summed E-state index contributed by atoms with van der Waals surface area (Å²) in [5.74, 6) is -0.206. The minimum Gasteiger partial charge on any atom is -0.328 e. The standard InChI is InChI=1S/C15H22BrFN2/c1-10(11-3-8-15(17)14(16)9-11)19(2)13-6-4-12(18)5-7-13/h3,8-10,12-13H,4-7,18H2,1-2H3. The number of rotatable bonds is 3. The summed E-state index contributed by atoms with van der Waals surface area (Å²) in [6.07, 6.45) is 4.53. The topological polar surface area (TPSA) is 29.3 Å². The Balaban J connectivity index is 2.05. The molecule has 0 heterocycles. The van der Waals surface area contributed by atoms with E-state index in [4.69, 9.17) is 5.73 Å². The molecule has 1 aliphatic carbocycles. The molecule has 0 radical (unpaired) electrons. The van der Waals surface area contributed by atoms with Crippen LogP contribution in [0.25, 0.3) is 0 Å². The van der Waals surface area contributed by atoms with Crippen molar-refractivity contribution in [1.82, 2.24) is 4.90 Å². The number of halogens is 2. The second kappa shape index (κ2) is 6.33. The normalized spacial score (nSPS) is 25.6. The minimum absolute atomic E-state index is 0.206. The van der Waals surface area contributed by atoms with Gasteiger partial charge in [-0.3, -0.25) is 4.90 Å². The summed E-state index contributed by atoms with van der Waals surface area (Å²) in [6.45, 7) is 2.17. The lowest BCUT2D eigenvalue weighted by molar-refractivity contribution is 0.140. The molecular formula is C15H22BrFN2. The molecule has 19 heavy (non-hydrogen) atoms. The fraction of sp³-hybridized carbons (Fsp3) is 0.600. The molecule has 0 amide bonds. The molecular weight excluding hydrogens is 307 g/mol. The molecule has 0 aliphatic heterocycles. The second-order valence-electron chi connectivity index (χ2n) is 5.58. The predicted octanol–water partition coefficient (Wildman–Crippen LogP) is 3.85. The summed E-state index contributed by atoms with van der Waals surface area (Å²) < 4.78 is 13.8. The molecule has 1 fully saturated rings. The fourth-order valence-corrected chi connectivity index (χ4v) is 3.23. The van der Waals surface area contributed by atoms with E-state index in [0.717, 1.165) is 31.2 Å². The molecule has 1 unspecified atom stereocenters. The molecule has 1 aromatic carbocycles. The van der Waals surface area contributed by atoms with E-state index in [1.165, 1.54) is 6.07 Å². The summed E-state index contributed by atoms with van der Waals surface area (Å²) >= 11 is 3.26. The van der Waals surface area contributed by atoms with Gasteiger partial charge in [0.1, 0.15) is 5.82 Å². The van der Waals surface area contributed by atoms with Crippen LogP contribution in [0.2, 0.25) is 0 Å². The Morgan fingerprint density at radius 2 is 1.95 bits per heavy atom. The lowest BCUT2D eigenvalue weighted by Crippen LogP contribution is -2.39. The largest absolute Gasteiger partial charge is 0.328 e. The highest BCUT2D eigenvalue weighted by molar-refractivity contribution is 9.10. The van der Waals surface area contributed by atoms with Crippen molar-refractivity contribution in [2.45, 2.75) is 50.7 Å². The Labute approximate surface area is 123 Å². The van der Waals surface area contributed by atoms with Gasteiger partial charge in [-0.05, 0) is 73.3 Å². The van der Waals surface area contributed by atoms with Gasteiger partial charge in [0.2, 0.25) is 0 Å². The fourth-order valence-electron chi connectivity index (χ4n) is 2.83. The van der Waals surface area contributed by atoms with Crippen LogP contribution in [0.15, 0.2) is 22.7 Å². The van der Waals surface area contributed by atoms with Crippen LogP contribution in [0.3, 0.4) is 0 Å². The molecule has 1 aliphatic rings. The first-order valence-electron chi connectivity index (χ1n) is 6.91. The maximum absolute atomic E-state index is 13.3. The van der Waals surface area contributed by atoms with Crippen LogP contribution < -0.4 is 5.73 Å². The predicted molar refractivity (Wildman–Crippen MR) is 80.5 cm³/mol. The quantitative estimate of drug-likeness (QED) is 0.913. The van der Waals surface area contributed by atoms with Crippen LogP contribution in [-0.4, -0.2) is 24.0 Å². The van der Waals surface area contributed by atoms with Crippen LogP contribution in [0, 0.1) is 5.82 Å². The second-order valence-corrected chi connectivity index (χ2v) is 6.44. The summed E-state index contributed by atoms with van der Waals surface area (Å²) in [4.78, 5) is 2.39. The maximum atomic E-state index is 13.3. The Hall–Kier alpha value is -0.450. The highest BCUT2D eigenvalue weighted by atomic mass is 79.9. The molecule has 1 atom stereocenters. The highest BCUT2D eigenvalue weighted by Gasteiger charge is 2.25. The number of nitrogens with zero attached hydrogens (tertiary/aromatic N) is 1. The van der Waals surface area contributed by atoms with Crippen molar-refractivity contribution in [2.24, 2.45) is 5.73 Å². The average molecular weight is 329 g/mol. The van der Waals surface area contributed by atoms with Gasteiger partial charge in [0.05, 0.1) is 4.47 Å². The molecule has 4 heteroatoms. The van der Waals surface area contributed by atoms with Gasteiger partial charge in [-0.25, -0.2) is 4.39 Å². The van der Waals surface area contributed by atoms with Crippen molar-refractivity contribution < 1.29 is 4.39 Å². The smallest absolute Gasteiger partial charge is 0.137 e. The summed E-state index contributed by atoms with van der Waals surface area (Å²) in [7, 11) is 2.16. The molecule has 0 aromatic heterocycles. The van der Waals surface area contributed by atoms with Crippen molar-refractivity contribution in [1.29, 1.82) is 0 Å². The van der Waals surface area contributed by atoms with E-state index in [-0.39, 0.29) is 11.9 Å². The monoisotopic (exact) mass is 328 g/mol. The van der Waals surface area contributed by atoms with E-state index in [1.807, 2.05) is 12.1 Å². The first kappa shape index (κ1) is 14.9. The van der Waals surface area contributed by atoms with Crippen LogP contribution >= 0.6 is 15.9 Å². The summed E-state index contributed by atoms with van der Waals surface area (Å²) in [5, 5.41) is 0. The van der Waals surface area contributed by atoms with Gasteiger partial charge in [0, 0.05) is 18.1 Å². The zero-order valence-electron chi connectivity index (χ0n) is 11.6. The van der Waals surface area contributed by atoms with E-state index in [2.05, 4.69) is 34.8 Å². The number of benzene rings is 1. The Morgan fingerprint density at radius 3 is 2.53 bits per heavy atom. The van der Waals surface area contributed by atoms with Crippen molar-refractivity contribution in [3.63, 3.8) is 0 Å². The third kappa shape index (κ3) is 3.56. The van der Waals surface area contributed by atoms with E-state index in [9.17, 15) is 4.39 Å². The molecule has 2 N–H and O–H groups in total. The minimum atomic E-state index is -0.206. The lowest BCUT2D eigenvalue weighted by Gasteiger charge is -2.37. The van der Waals surface area contributed by atoms with E-state index >= 15 is 0 Å². The van der Waals surface area contributed by atoms with Gasteiger partial charge in [-0.15, -0.1) is 0 Å². The van der Waals surface area contributed by atoms with Crippen LogP contribution in [0.5, 0.6) is 0 Å². The Kier molecular flexibility index (Phi) is 4.98. The van der Waals surface area contributed by atoms with E-state index < -0.39 is 0 Å². The highest BCUT2D eigenvalue weighted by Crippen LogP contribution is 2.30. The first-order chi connectivity index (χ1) is 8.99. The maximum Gasteiger partial charge on any atom is 0.137 e. The van der Waals surface area contributed by atoms with Crippen LogP contribution in [0.4, 0.5) is 4.39 Å². The molecule has 0 saturated heterocycles. The molecule has 1 saturated carbocycles. The molecule has 1 aromatic rings. The van der Waals surface area contributed by atoms with Crippen LogP contribution in [0.1, 0.15) is 44.2 Å². The number of hydrogen-bond donors (Lipinski definition) is 1. The third-order valence-electron chi connectivity index (χ3n) is 4.35. The summed E-state index contributed by atoms with van der Waals surface area (Å²) in [5.41, 5.74) is 7.10. The van der Waals surface area contributed by atoms with Gasteiger partial charge in [-0.2, -0.15) is 0 Å². The Morgan fingerprint density at radius 1 is 1.32 bits per heavy atom. The van der Waals surface area contributed by atoms with Gasteiger partial charge < -0.3 is 5.73 Å². The van der Waals surface area contributed by atoms with Gasteiger partial charge in [-0.1, -0.05) is 6.07 Å². The van der Waals surface area contributed by atoms with E-state index in [1.54, 1.807) is 0 Å². The molecule has 2 nitrogen and oxygen atoms in total. The first-order valence-corrected chi connectivity index (χ1v) is 7.70. The van der Waals surface area contributed by atoms with Crippen molar-refractivity contribution in [3.05, 3.63) is 34.1 Å². The third-order valence-corrected chi connectivity index (χ3v) is 4.96. The van der Waals surface area contributed by atoms with Crippen molar-refractivity contribution in [2.75, 3.05) is 7.05 Å². The van der Waals surface area contributed by atoms with E-state index in [0.29, 0.717) is 16.6 Å². The molecule has 0 bridgehead atoms. The van der Waals surface area contributed by atoms with Crippen molar-refractivity contribution in [3.8, 4) is 0 Å². The number of nitrogens with two attached hydrogens (primary N) is 1. The Bertz CT molecular complexity index is 430. The van der Waals surface area contributed by atoms with Crippen LogP contribution in [-0.2, 0) is 0 Å². The van der Waals surface area contributed by atoms with Gasteiger partial charge in [0.25, 0.3) is 0 Å². The zero-order valence-corrected chi connectivity index (χ0v) is 13.2. The summed E-state index contributed by atoms with van der Waals surface area (Å²) in [6, 6.07) is 6.52. The molecule has 106 valence electrons. The molecule has 0 spiro atoms. The zero-order chi connectivity index (χ0) is 14.0.